The van der Waals surface area contributed by atoms with Crippen LogP contribution < -0.4 is 20.9 Å². The summed E-state index contributed by atoms with van der Waals surface area (Å²) in [5.41, 5.74) is 1.38. The van der Waals surface area contributed by atoms with Crippen molar-refractivity contribution in [2.24, 2.45) is 0 Å². The number of anilines is 2. The fourth-order valence-corrected chi connectivity index (χ4v) is 4.18. The summed E-state index contributed by atoms with van der Waals surface area (Å²) in [6.45, 7) is 1.25. The van der Waals surface area contributed by atoms with Crippen molar-refractivity contribution in [1.82, 2.24) is 10.6 Å². The number of nitrogens with zero attached hydrogens (tertiary/aromatic N) is 1. The maximum atomic E-state index is 12.8. The SMILES string of the molecule is O=C(NC[C@@H](NC1CC1)C(=O)Nc1ccc(N2CCOCC2=O)cc1)c1ccc(Cl)s1. The summed E-state index contributed by atoms with van der Waals surface area (Å²) in [4.78, 5) is 39.3. The van der Waals surface area contributed by atoms with Gasteiger partial charge in [-0.25, -0.2) is 0 Å². The van der Waals surface area contributed by atoms with Crippen molar-refractivity contribution in [3.63, 3.8) is 0 Å². The van der Waals surface area contributed by atoms with E-state index in [2.05, 4.69) is 16.0 Å². The molecule has 2 aliphatic rings. The lowest BCUT2D eigenvalue weighted by Crippen LogP contribution is -2.49. The number of nitrogens with one attached hydrogen (secondary N) is 3. The van der Waals surface area contributed by atoms with Gasteiger partial charge < -0.3 is 25.6 Å². The number of thiophene rings is 1. The van der Waals surface area contributed by atoms with E-state index in [-0.39, 0.29) is 30.9 Å². The van der Waals surface area contributed by atoms with Crippen LogP contribution in [-0.2, 0) is 14.3 Å². The van der Waals surface area contributed by atoms with Gasteiger partial charge in [0.2, 0.25) is 5.91 Å². The summed E-state index contributed by atoms with van der Waals surface area (Å²) in [5, 5.41) is 8.96. The summed E-state index contributed by atoms with van der Waals surface area (Å²) < 4.78 is 5.69. The van der Waals surface area contributed by atoms with Gasteiger partial charge in [-0.1, -0.05) is 11.6 Å². The fourth-order valence-electron chi connectivity index (χ4n) is 3.23. The van der Waals surface area contributed by atoms with Crippen LogP contribution in [0.3, 0.4) is 0 Å². The van der Waals surface area contributed by atoms with Gasteiger partial charge in [-0.3, -0.25) is 14.4 Å². The number of hydrogen-bond acceptors (Lipinski definition) is 6. The maximum absolute atomic E-state index is 12.8. The molecule has 1 aromatic carbocycles. The third kappa shape index (κ3) is 5.82. The first-order chi connectivity index (χ1) is 15.0. The molecule has 1 saturated heterocycles. The first kappa shape index (κ1) is 21.8. The third-order valence-electron chi connectivity index (χ3n) is 5.03. The average Bonchev–Trinajstić information content (AvgIpc) is 3.49. The second-order valence-electron chi connectivity index (χ2n) is 7.44. The molecule has 3 amide bonds. The van der Waals surface area contributed by atoms with E-state index in [1.807, 2.05) is 0 Å². The van der Waals surface area contributed by atoms with E-state index in [9.17, 15) is 14.4 Å². The zero-order chi connectivity index (χ0) is 21.8. The maximum Gasteiger partial charge on any atom is 0.261 e. The van der Waals surface area contributed by atoms with E-state index in [0.29, 0.717) is 34.1 Å². The lowest BCUT2D eigenvalue weighted by molar-refractivity contribution is -0.125. The van der Waals surface area contributed by atoms with E-state index >= 15 is 0 Å². The molecule has 10 heteroatoms. The second-order valence-corrected chi connectivity index (χ2v) is 9.16. The molecule has 1 atom stereocenters. The minimum Gasteiger partial charge on any atom is -0.370 e. The Morgan fingerprint density at radius 1 is 1.19 bits per heavy atom. The van der Waals surface area contributed by atoms with Gasteiger partial charge in [-0.05, 0) is 49.2 Å². The highest BCUT2D eigenvalue weighted by Gasteiger charge is 2.29. The standard InChI is InChI=1S/C21H23ClN4O4S/c22-18-8-7-17(31-18)21(29)23-11-16(24-13-1-2-13)20(28)25-14-3-5-15(6-4-14)26-9-10-30-12-19(26)27/h3-8,13,16,24H,1-2,9-12H2,(H,23,29)(H,25,28)/t16-/m1/s1. The molecule has 1 aliphatic carbocycles. The molecule has 2 heterocycles. The Labute approximate surface area is 188 Å². The van der Waals surface area contributed by atoms with E-state index in [4.69, 9.17) is 16.3 Å². The number of amides is 3. The minimum absolute atomic E-state index is 0.0798. The first-order valence-corrected chi connectivity index (χ1v) is 11.3. The summed E-state index contributed by atoms with van der Waals surface area (Å²) in [6.07, 6.45) is 2.03. The van der Waals surface area contributed by atoms with Crippen LogP contribution >= 0.6 is 22.9 Å². The lowest BCUT2D eigenvalue weighted by atomic mass is 10.2. The molecule has 0 bridgehead atoms. The van der Waals surface area contributed by atoms with Crippen LogP contribution in [0.25, 0.3) is 0 Å². The van der Waals surface area contributed by atoms with Gasteiger partial charge in [0.1, 0.15) is 12.6 Å². The van der Waals surface area contributed by atoms with Crippen molar-refractivity contribution < 1.29 is 19.1 Å². The molecule has 31 heavy (non-hydrogen) atoms. The van der Waals surface area contributed by atoms with Crippen LogP contribution in [0.4, 0.5) is 11.4 Å². The van der Waals surface area contributed by atoms with Crippen molar-refractivity contribution in [3.8, 4) is 0 Å². The molecule has 0 radical (unpaired) electrons. The van der Waals surface area contributed by atoms with Crippen LogP contribution in [0.15, 0.2) is 36.4 Å². The summed E-state index contributed by atoms with van der Waals surface area (Å²) >= 11 is 7.08. The van der Waals surface area contributed by atoms with Crippen LogP contribution in [0.2, 0.25) is 4.34 Å². The molecule has 0 spiro atoms. The van der Waals surface area contributed by atoms with E-state index in [1.54, 1.807) is 41.3 Å². The highest BCUT2D eigenvalue weighted by Crippen LogP contribution is 2.23. The van der Waals surface area contributed by atoms with Crippen LogP contribution in [-0.4, -0.2) is 56.1 Å². The molecule has 8 nitrogen and oxygen atoms in total. The number of carbonyl (C=O) groups excluding carboxylic acids is 3. The predicted octanol–water partition coefficient (Wildman–Crippen LogP) is 2.25. The van der Waals surface area contributed by atoms with Gasteiger partial charge in [-0.15, -0.1) is 11.3 Å². The highest BCUT2D eigenvalue weighted by molar-refractivity contribution is 7.18. The molecule has 3 N–H and O–H groups in total. The van der Waals surface area contributed by atoms with Crippen molar-refractivity contribution in [1.29, 1.82) is 0 Å². The zero-order valence-corrected chi connectivity index (χ0v) is 18.3. The van der Waals surface area contributed by atoms with Gasteiger partial charge >= 0.3 is 0 Å². The van der Waals surface area contributed by atoms with Crippen LogP contribution in [0.5, 0.6) is 0 Å². The number of morpholine rings is 1. The molecule has 1 aliphatic heterocycles. The van der Waals surface area contributed by atoms with Gasteiger partial charge in [0.15, 0.2) is 0 Å². The van der Waals surface area contributed by atoms with E-state index < -0.39 is 6.04 Å². The van der Waals surface area contributed by atoms with Crippen molar-refractivity contribution >= 4 is 52.0 Å². The monoisotopic (exact) mass is 462 g/mol. The zero-order valence-electron chi connectivity index (χ0n) is 16.7. The predicted molar refractivity (Wildman–Crippen MR) is 120 cm³/mol. The Hall–Kier alpha value is -2.46. The molecule has 164 valence electrons. The molecule has 2 aromatic rings. The number of ether oxygens (including phenoxy) is 1. The summed E-state index contributed by atoms with van der Waals surface area (Å²) in [7, 11) is 0. The number of hydrogen-bond donors (Lipinski definition) is 3. The quantitative estimate of drug-likeness (QED) is 0.558. The number of halogens is 1. The Bertz CT molecular complexity index is 961. The Morgan fingerprint density at radius 2 is 1.97 bits per heavy atom. The van der Waals surface area contributed by atoms with Crippen molar-refractivity contribution in [2.75, 3.05) is 36.5 Å². The molecule has 4 rings (SSSR count). The highest BCUT2D eigenvalue weighted by atomic mass is 35.5. The van der Waals surface area contributed by atoms with Crippen molar-refractivity contribution in [2.45, 2.75) is 24.9 Å². The van der Waals surface area contributed by atoms with Crippen LogP contribution in [0, 0.1) is 0 Å². The Morgan fingerprint density at radius 3 is 2.61 bits per heavy atom. The molecule has 0 unspecified atom stereocenters. The smallest absolute Gasteiger partial charge is 0.261 e. The molecular formula is C21H23ClN4O4S. The van der Waals surface area contributed by atoms with Gasteiger partial charge in [0.05, 0.1) is 15.8 Å². The largest absolute Gasteiger partial charge is 0.370 e. The third-order valence-corrected chi connectivity index (χ3v) is 6.26. The fraction of sp³-hybridized carbons (Fsp3) is 0.381. The first-order valence-electron chi connectivity index (χ1n) is 10.1. The van der Waals surface area contributed by atoms with Crippen molar-refractivity contribution in [3.05, 3.63) is 45.6 Å². The van der Waals surface area contributed by atoms with Crippen LogP contribution in [0.1, 0.15) is 22.5 Å². The number of benzene rings is 1. The Kier molecular flexibility index (Phi) is 6.86. The van der Waals surface area contributed by atoms with Gasteiger partial charge in [-0.2, -0.15) is 0 Å². The molecule has 2 fully saturated rings. The van der Waals surface area contributed by atoms with Gasteiger partial charge in [0.25, 0.3) is 11.8 Å². The summed E-state index contributed by atoms with van der Waals surface area (Å²) in [6, 6.07) is 10.2. The molecule has 1 aromatic heterocycles. The van der Waals surface area contributed by atoms with E-state index in [1.165, 1.54) is 11.3 Å². The molecular weight excluding hydrogens is 440 g/mol. The minimum atomic E-state index is -0.563. The topological polar surface area (TPSA) is 99.8 Å². The lowest BCUT2D eigenvalue weighted by Gasteiger charge is -2.27. The normalized spacial score (nSPS) is 17.3. The number of carbonyl (C=O) groups is 3. The molecule has 1 saturated carbocycles. The second kappa shape index (κ2) is 9.78. The van der Waals surface area contributed by atoms with Gasteiger partial charge in [0, 0.05) is 30.5 Å². The van der Waals surface area contributed by atoms with E-state index in [0.717, 1.165) is 18.5 Å². The Balaban J connectivity index is 1.35. The number of rotatable bonds is 8. The average molecular weight is 463 g/mol. The summed E-state index contributed by atoms with van der Waals surface area (Å²) in [5.74, 6) is -0.571.